The minimum absolute atomic E-state index is 0.140. The molecule has 8 heteroatoms. The smallest absolute Gasteiger partial charge is 0.341 e. The first kappa shape index (κ1) is 25.1. The van der Waals surface area contributed by atoms with Crippen LogP contribution in [0.4, 0.5) is 5.69 Å². The lowest BCUT2D eigenvalue weighted by atomic mass is 10.1. The summed E-state index contributed by atoms with van der Waals surface area (Å²) in [5.74, 6) is -0.466. The number of amidine groups is 1. The summed E-state index contributed by atoms with van der Waals surface area (Å²) in [5.41, 5.74) is 3.64. The van der Waals surface area contributed by atoms with Gasteiger partial charge in [-0.25, -0.2) is 9.79 Å². The molecule has 1 N–H and O–H groups in total. The van der Waals surface area contributed by atoms with Crippen molar-refractivity contribution in [1.29, 1.82) is 0 Å². The van der Waals surface area contributed by atoms with Crippen LogP contribution in [0.15, 0.2) is 82.7 Å². The van der Waals surface area contributed by atoms with Gasteiger partial charge in [0.15, 0.2) is 23.3 Å². The first-order valence-corrected chi connectivity index (χ1v) is 12.3. The highest BCUT2D eigenvalue weighted by molar-refractivity contribution is 8.18. The number of rotatable bonds is 9. The molecule has 0 bridgehead atoms. The number of carboxylic acid groups (broad SMARTS) is 1. The van der Waals surface area contributed by atoms with Crippen LogP contribution in [-0.4, -0.2) is 40.3 Å². The molecule has 1 fully saturated rings. The van der Waals surface area contributed by atoms with Crippen molar-refractivity contribution in [2.75, 3.05) is 13.2 Å². The van der Waals surface area contributed by atoms with Gasteiger partial charge in [-0.15, -0.1) is 0 Å². The molecule has 0 spiro atoms. The molecule has 1 aliphatic heterocycles. The molecule has 0 radical (unpaired) electrons. The van der Waals surface area contributed by atoms with E-state index < -0.39 is 12.6 Å². The molecular weight excluding hydrogens is 476 g/mol. The number of carbonyl (C=O) groups excluding carboxylic acids is 1. The Balaban J connectivity index is 1.66. The number of ether oxygens (including phenoxy) is 2. The van der Waals surface area contributed by atoms with E-state index in [4.69, 9.17) is 19.6 Å². The van der Waals surface area contributed by atoms with Crippen LogP contribution in [0.3, 0.4) is 0 Å². The van der Waals surface area contributed by atoms with Crippen molar-refractivity contribution in [3.8, 4) is 11.5 Å². The summed E-state index contributed by atoms with van der Waals surface area (Å²) < 4.78 is 11.0. The summed E-state index contributed by atoms with van der Waals surface area (Å²) in [5, 5.41) is 9.51. The first-order valence-electron chi connectivity index (χ1n) is 11.4. The second-order valence-electron chi connectivity index (χ2n) is 8.04. The average molecular weight is 503 g/mol. The van der Waals surface area contributed by atoms with Crippen LogP contribution in [0.1, 0.15) is 23.6 Å². The van der Waals surface area contributed by atoms with E-state index in [0.717, 1.165) is 22.4 Å². The van der Waals surface area contributed by atoms with Gasteiger partial charge in [-0.05, 0) is 67.1 Å². The van der Waals surface area contributed by atoms with Crippen LogP contribution in [0.5, 0.6) is 11.5 Å². The number of benzene rings is 3. The van der Waals surface area contributed by atoms with Gasteiger partial charge < -0.3 is 14.6 Å². The Labute approximate surface area is 214 Å². The van der Waals surface area contributed by atoms with Crippen molar-refractivity contribution < 1.29 is 24.2 Å². The lowest BCUT2D eigenvalue weighted by Gasteiger charge is -2.15. The van der Waals surface area contributed by atoms with Crippen LogP contribution in [0, 0.1) is 6.92 Å². The number of thioether (sulfide) groups is 1. The highest BCUT2D eigenvalue weighted by Crippen LogP contribution is 2.36. The Bertz CT molecular complexity index is 1300. The number of amides is 1. The summed E-state index contributed by atoms with van der Waals surface area (Å²) in [6.07, 6.45) is 1.78. The lowest BCUT2D eigenvalue weighted by molar-refractivity contribution is -0.139. The zero-order chi connectivity index (χ0) is 25.5. The third-order valence-electron chi connectivity index (χ3n) is 5.25. The zero-order valence-corrected chi connectivity index (χ0v) is 20.8. The first-order chi connectivity index (χ1) is 17.4. The van der Waals surface area contributed by atoms with Crippen molar-refractivity contribution in [3.05, 3.63) is 94.4 Å². The van der Waals surface area contributed by atoms with E-state index in [9.17, 15) is 9.59 Å². The summed E-state index contributed by atoms with van der Waals surface area (Å²) in [4.78, 5) is 31.3. The molecule has 1 heterocycles. The van der Waals surface area contributed by atoms with E-state index in [2.05, 4.69) is 0 Å². The maximum absolute atomic E-state index is 13.5. The summed E-state index contributed by atoms with van der Waals surface area (Å²) in [7, 11) is 0. The predicted molar refractivity (Wildman–Crippen MR) is 142 cm³/mol. The fourth-order valence-electron chi connectivity index (χ4n) is 3.52. The Kier molecular flexibility index (Phi) is 8.07. The standard InChI is InChI=1S/C28H26N2O5S/c1-3-34-24-15-21(11-14-23(24)35-18-26(31)32)16-25-27(33)30(17-20-7-5-4-6-8-20)28(36-25)29-22-12-9-19(2)10-13-22/h4-16H,3,17-18H2,1-2H3,(H,31,32)/b25-16+,29-28?. The van der Waals surface area contributed by atoms with Gasteiger partial charge >= 0.3 is 5.97 Å². The van der Waals surface area contributed by atoms with Crippen molar-refractivity contribution in [2.45, 2.75) is 20.4 Å². The molecule has 0 unspecified atom stereocenters. The number of aliphatic imine (C=N–C) groups is 1. The summed E-state index contributed by atoms with van der Waals surface area (Å²) in [6, 6.07) is 22.8. The highest BCUT2D eigenvalue weighted by Gasteiger charge is 2.33. The van der Waals surface area contributed by atoms with Crippen molar-refractivity contribution in [1.82, 2.24) is 4.90 Å². The van der Waals surface area contributed by atoms with E-state index in [-0.39, 0.29) is 5.91 Å². The molecule has 1 amide bonds. The van der Waals surface area contributed by atoms with Crippen molar-refractivity contribution in [3.63, 3.8) is 0 Å². The molecule has 0 aliphatic carbocycles. The van der Waals surface area contributed by atoms with Gasteiger partial charge in [-0.3, -0.25) is 9.69 Å². The Morgan fingerprint density at radius 2 is 1.78 bits per heavy atom. The van der Waals surface area contributed by atoms with Gasteiger partial charge in [-0.1, -0.05) is 54.1 Å². The minimum atomic E-state index is -1.07. The molecule has 184 valence electrons. The summed E-state index contributed by atoms with van der Waals surface area (Å²) >= 11 is 1.32. The minimum Gasteiger partial charge on any atom is -0.490 e. The van der Waals surface area contributed by atoms with E-state index in [1.807, 2.05) is 68.4 Å². The van der Waals surface area contributed by atoms with Crippen LogP contribution in [0.2, 0.25) is 0 Å². The molecule has 1 aliphatic rings. The van der Waals surface area contributed by atoms with Gasteiger partial charge in [-0.2, -0.15) is 0 Å². The van der Waals surface area contributed by atoms with Crippen LogP contribution < -0.4 is 9.47 Å². The monoisotopic (exact) mass is 502 g/mol. The maximum atomic E-state index is 13.5. The SMILES string of the molecule is CCOc1cc(/C=C2/SC(=Nc3ccc(C)cc3)N(Cc3ccccc3)C2=O)ccc1OCC(=O)O. The van der Waals surface area contributed by atoms with Gasteiger partial charge in [0.25, 0.3) is 5.91 Å². The van der Waals surface area contributed by atoms with Crippen LogP contribution in [-0.2, 0) is 16.1 Å². The maximum Gasteiger partial charge on any atom is 0.341 e. The molecule has 36 heavy (non-hydrogen) atoms. The number of hydrogen-bond donors (Lipinski definition) is 1. The normalized spacial score (nSPS) is 15.5. The topological polar surface area (TPSA) is 88.4 Å². The van der Waals surface area contributed by atoms with Gasteiger partial charge in [0.05, 0.1) is 23.7 Å². The Morgan fingerprint density at radius 1 is 1.03 bits per heavy atom. The summed E-state index contributed by atoms with van der Waals surface area (Å²) in [6.45, 7) is 4.16. The van der Waals surface area contributed by atoms with E-state index >= 15 is 0 Å². The molecule has 0 saturated carbocycles. The van der Waals surface area contributed by atoms with Crippen LogP contribution >= 0.6 is 11.8 Å². The molecular formula is C28H26N2O5S. The second kappa shape index (κ2) is 11.6. The Morgan fingerprint density at radius 3 is 2.47 bits per heavy atom. The van der Waals surface area contributed by atoms with E-state index in [0.29, 0.717) is 34.7 Å². The quantitative estimate of drug-likeness (QED) is 0.380. The highest BCUT2D eigenvalue weighted by atomic mass is 32.2. The predicted octanol–water partition coefficient (Wildman–Crippen LogP) is 5.66. The number of aryl methyl sites for hydroxylation is 1. The number of aliphatic carboxylic acids is 1. The number of carbonyl (C=O) groups is 2. The second-order valence-corrected chi connectivity index (χ2v) is 9.05. The number of carboxylic acids is 1. The third kappa shape index (κ3) is 6.34. The molecule has 7 nitrogen and oxygen atoms in total. The van der Waals surface area contributed by atoms with Gasteiger partial charge in [0.1, 0.15) is 0 Å². The van der Waals surface area contributed by atoms with Gasteiger partial charge in [0.2, 0.25) is 0 Å². The fourth-order valence-corrected chi connectivity index (χ4v) is 4.52. The van der Waals surface area contributed by atoms with Crippen molar-refractivity contribution >= 4 is 40.6 Å². The number of hydrogen-bond acceptors (Lipinski definition) is 6. The molecule has 1 saturated heterocycles. The fraction of sp³-hybridized carbons (Fsp3) is 0.179. The molecule has 0 aromatic heterocycles. The van der Waals surface area contributed by atoms with Crippen LogP contribution in [0.25, 0.3) is 6.08 Å². The molecule has 3 aromatic rings. The zero-order valence-electron chi connectivity index (χ0n) is 20.0. The number of nitrogens with zero attached hydrogens (tertiary/aromatic N) is 2. The molecule has 3 aromatic carbocycles. The largest absolute Gasteiger partial charge is 0.490 e. The van der Waals surface area contributed by atoms with E-state index in [1.165, 1.54) is 11.8 Å². The average Bonchev–Trinajstić information content (AvgIpc) is 3.14. The van der Waals surface area contributed by atoms with Gasteiger partial charge in [0, 0.05) is 0 Å². The van der Waals surface area contributed by atoms with E-state index in [1.54, 1.807) is 29.2 Å². The lowest BCUT2D eigenvalue weighted by Crippen LogP contribution is -2.28. The molecule has 4 rings (SSSR count). The van der Waals surface area contributed by atoms with Crippen molar-refractivity contribution in [2.24, 2.45) is 4.99 Å². The third-order valence-corrected chi connectivity index (χ3v) is 6.25. The molecule has 0 atom stereocenters. The Hall–Kier alpha value is -4.04.